The number of allylic oxidation sites excluding steroid dienone is 1. The molecule has 0 radical (unpaired) electrons. The predicted octanol–water partition coefficient (Wildman–Crippen LogP) is 5.70. The Morgan fingerprint density at radius 3 is 2.62 bits per heavy atom. The van der Waals surface area contributed by atoms with E-state index >= 15 is 0 Å². The summed E-state index contributed by atoms with van der Waals surface area (Å²) < 4.78 is 11.4. The number of rotatable bonds is 9. The summed E-state index contributed by atoms with van der Waals surface area (Å²) in [4.78, 5) is 6.91. The number of aryl methyl sites for hydroxylation is 2. The highest BCUT2D eigenvalue weighted by Gasteiger charge is 2.33. The van der Waals surface area contributed by atoms with Gasteiger partial charge in [-0.15, -0.1) is 0 Å². The van der Waals surface area contributed by atoms with Crippen LogP contribution in [0.15, 0.2) is 58.8 Å². The summed E-state index contributed by atoms with van der Waals surface area (Å²) in [6, 6.07) is 16.6. The van der Waals surface area contributed by atoms with Crippen molar-refractivity contribution in [2.24, 2.45) is 0 Å². The maximum Gasteiger partial charge on any atom is 0.258 e. The van der Waals surface area contributed by atoms with E-state index in [0.717, 1.165) is 47.3 Å². The van der Waals surface area contributed by atoms with E-state index in [1.54, 1.807) is 0 Å². The minimum absolute atomic E-state index is 0.174. The lowest BCUT2D eigenvalue weighted by Gasteiger charge is -2.37. The minimum Gasteiger partial charge on any atom is -0.382 e. The molecule has 3 aromatic rings. The van der Waals surface area contributed by atoms with Crippen LogP contribution in [-0.4, -0.2) is 39.9 Å². The molecule has 1 N–H and O–H groups in total. The molecule has 1 aromatic heterocycles. The SMILES string of the molecule is CCOCCCN1C(=S)NC(c2ccc(CC)cc2)C(c2nc(-c3cccc(C)c3)no2)=C1C. The number of ether oxygens (including phenoxy) is 1. The molecule has 0 saturated carbocycles. The van der Waals surface area contributed by atoms with E-state index in [1.807, 2.05) is 19.1 Å². The van der Waals surface area contributed by atoms with Gasteiger partial charge < -0.3 is 19.5 Å². The fourth-order valence-electron chi connectivity index (χ4n) is 4.23. The van der Waals surface area contributed by atoms with E-state index in [1.165, 1.54) is 5.56 Å². The van der Waals surface area contributed by atoms with Crippen LogP contribution >= 0.6 is 12.2 Å². The topological polar surface area (TPSA) is 63.4 Å². The molecule has 7 heteroatoms. The Labute approximate surface area is 207 Å². The molecule has 2 aromatic carbocycles. The Bertz CT molecular complexity index is 1170. The molecule has 0 fully saturated rings. The summed E-state index contributed by atoms with van der Waals surface area (Å²) in [6.07, 6.45) is 1.87. The molecule has 1 aliphatic rings. The number of hydrogen-bond donors (Lipinski definition) is 1. The summed E-state index contributed by atoms with van der Waals surface area (Å²) in [5, 5.41) is 8.53. The van der Waals surface area contributed by atoms with Crippen LogP contribution in [0.1, 0.15) is 55.8 Å². The lowest BCUT2D eigenvalue weighted by molar-refractivity contribution is 0.141. The Hall–Kier alpha value is -3.03. The Balaban J connectivity index is 1.73. The van der Waals surface area contributed by atoms with Gasteiger partial charge in [-0.3, -0.25) is 0 Å². The van der Waals surface area contributed by atoms with Gasteiger partial charge in [-0.05, 0) is 63.0 Å². The Kier molecular flexibility index (Phi) is 7.75. The zero-order valence-electron chi connectivity index (χ0n) is 20.3. The smallest absolute Gasteiger partial charge is 0.258 e. The highest BCUT2D eigenvalue weighted by atomic mass is 32.1. The Morgan fingerprint density at radius 2 is 1.91 bits per heavy atom. The summed E-state index contributed by atoms with van der Waals surface area (Å²) >= 11 is 5.78. The van der Waals surface area contributed by atoms with Gasteiger partial charge >= 0.3 is 0 Å². The number of aromatic nitrogens is 2. The van der Waals surface area contributed by atoms with Gasteiger partial charge in [0.15, 0.2) is 5.11 Å². The van der Waals surface area contributed by atoms with Gasteiger partial charge in [0.1, 0.15) is 0 Å². The first-order valence-corrected chi connectivity index (χ1v) is 12.3. The van der Waals surface area contributed by atoms with Gasteiger partial charge in [0, 0.05) is 31.0 Å². The van der Waals surface area contributed by atoms with Crippen LogP contribution in [-0.2, 0) is 11.2 Å². The average molecular weight is 477 g/mol. The number of benzene rings is 2. The van der Waals surface area contributed by atoms with Gasteiger partial charge in [-0.1, -0.05) is 60.1 Å². The van der Waals surface area contributed by atoms with E-state index in [-0.39, 0.29) is 6.04 Å². The third-order valence-electron chi connectivity index (χ3n) is 6.12. The fraction of sp³-hybridized carbons (Fsp3) is 0.370. The average Bonchev–Trinajstić information content (AvgIpc) is 3.33. The van der Waals surface area contributed by atoms with Crippen LogP contribution in [0, 0.1) is 6.92 Å². The summed E-state index contributed by atoms with van der Waals surface area (Å²) in [5.41, 5.74) is 6.45. The van der Waals surface area contributed by atoms with Gasteiger partial charge in [-0.25, -0.2) is 0 Å². The molecule has 34 heavy (non-hydrogen) atoms. The van der Waals surface area contributed by atoms with Crippen LogP contribution in [0.4, 0.5) is 0 Å². The second-order valence-electron chi connectivity index (χ2n) is 8.47. The molecule has 1 atom stereocenters. The van der Waals surface area contributed by atoms with E-state index in [2.05, 4.69) is 72.5 Å². The second-order valence-corrected chi connectivity index (χ2v) is 8.86. The molecule has 0 amide bonds. The second kappa shape index (κ2) is 10.9. The molecule has 0 spiro atoms. The van der Waals surface area contributed by atoms with E-state index in [9.17, 15) is 0 Å². The van der Waals surface area contributed by atoms with E-state index < -0.39 is 0 Å². The highest BCUT2D eigenvalue weighted by Crippen LogP contribution is 2.37. The lowest BCUT2D eigenvalue weighted by Crippen LogP contribution is -2.46. The normalized spacial score (nSPS) is 16.2. The molecule has 2 heterocycles. The quantitative estimate of drug-likeness (QED) is 0.314. The maximum absolute atomic E-state index is 5.84. The molecule has 0 saturated heterocycles. The first kappa shape index (κ1) is 24.1. The van der Waals surface area contributed by atoms with Gasteiger partial charge in [0.05, 0.1) is 11.6 Å². The molecule has 4 rings (SSSR count). The van der Waals surface area contributed by atoms with Gasteiger partial charge in [0.25, 0.3) is 5.89 Å². The number of hydrogen-bond acceptors (Lipinski definition) is 5. The molecule has 1 unspecified atom stereocenters. The summed E-state index contributed by atoms with van der Waals surface area (Å²) in [7, 11) is 0. The van der Waals surface area contributed by atoms with Crippen molar-refractivity contribution in [3.05, 3.63) is 76.8 Å². The monoisotopic (exact) mass is 476 g/mol. The van der Waals surface area contributed by atoms with E-state index in [0.29, 0.717) is 30.0 Å². The zero-order valence-corrected chi connectivity index (χ0v) is 21.1. The molecule has 6 nitrogen and oxygen atoms in total. The van der Waals surface area contributed by atoms with Crippen LogP contribution < -0.4 is 5.32 Å². The van der Waals surface area contributed by atoms with Crippen molar-refractivity contribution in [1.29, 1.82) is 0 Å². The van der Waals surface area contributed by atoms with Crippen molar-refractivity contribution in [3.63, 3.8) is 0 Å². The third kappa shape index (κ3) is 5.21. The molecular formula is C27H32N4O2S. The molecule has 1 aliphatic heterocycles. The van der Waals surface area contributed by atoms with Gasteiger partial charge in [-0.2, -0.15) is 4.98 Å². The van der Waals surface area contributed by atoms with Crippen LogP contribution in [0.5, 0.6) is 0 Å². The summed E-state index contributed by atoms with van der Waals surface area (Å²) in [6.45, 7) is 10.4. The van der Waals surface area contributed by atoms with Crippen LogP contribution in [0.3, 0.4) is 0 Å². The van der Waals surface area contributed by atoms with Crippen molar-refractivity contribution >= 4 is 22.9 Å². The lowest BCUT2D eigenvalue weighted by atomic mass is 9.94. The maximum atomic E-state index is 5.84. The van der Waals surface area contributed by atoms with Crippen LogP contribution in [0.2, 0.25) is 0 Å². The van der Waals surface area contributed by atoms with Crippen molar-refractivity contribution in [2.45, 2.75) is 46.6 Å². The minimum atomic E-state index is -0.174. The predicted molar refractivity (Wildman–Crippen MR) is 139 cm³/mol. The van der Waals surface area contributed by atoms with Crippen LogP contribution in [0.25, 0.3) is 17.0 Å². The number of thiocarbonyl (C=S) groups is 1. The Morgan fingerprint density at radius 1 is 1.12 bits per heavy atom. The molecular weight excluding hydrogens is 444 g/mol. The third-order valence-corrected chi connectivity index (χ3v) is 6.46. The first-order chi connectivity index (χ1) is 16.5. The fourth-order valence-corrected chi connectivity index (χ4v) is 4.57. The molecule has 0 aliphatic carbocycles. The van der Waals surface area contributed by atoms with Crippen molar-refractivity contribution in [3.8, 4) is 11.4 Å². The van der Waals surface area contributed by atoms with Crippen molar-refractivity contribution < 1.29 is 9.26 Å². The van der Waals surface area contributed by atoms with E-state index in [4.69, 9.17) is 26.5 Å². The van der Waals surface area contributed by atoms with Gasteiger partial charge in [0.2, 0.25) is 5.82 Å². The number of nitrogens with one attached hydrogen (secondary N) is 1. The standard InChI is InChI=1S/C27H32N4O2S/c1-5-20-11-13-21(14-12-20)24-23(19(4)31(27(34)28-24)15-8-16-32-6-2)26-29-25(30-33-26)22-10-7-9-18(3)17-22/h7,9-14,17,24H,5-6,8,15-16H2,1-4H3,(H,28,34). The summed E-state index contributed by atoms with van der Waals surface area (Å²) in [5.74, 6) is 1.08. The first-order valence-electron chi connectivity index (χ1n) is 11.9. The highest BCUT2D eigenvalue weighted by molar-refractivity contribution is 7.80. The number of nitrogens with zero attached hydrogens (tertiary/aromatic N) is 3. The largest absolute Gasteiger partial charge is 0.382 e. The zero-order chi connectivity index (χ0) is 24.1. The molecule has 0 bridgehead atoms. The molecule has 178 valence electrons. The van der Waals surface area contributed by atoms with Crippen molar-refractivity contribution in [1.82, 2.24) is 20.4 Å². The van der Waals surface area contributed by atoms with Crippen molar-refractivity contribution in [2.75, 3.05) is 19.8 Å².